The van der Waals surface area contributed by atoms with Crippen LogP contribution >= 0.6 is 0 Å². The molecule has 0 aromatic heterocycles. The zero-order valence-corrected chi connectivity index (χ0v) is 12.3. The third-order valence-corrected chi connectivity index (χ3v) is 3.93. The number of benzene rings is 1. The quantitative estimate of drug-likeness (QED) is 0.512. The summed E-state index contributed by atoms with van der Waals surface area (Å²) in [6.45, 7) is 1.93. The average molecular weight is 323 g/mol. The minimum Gasteiger partial charge on any atom is -0.486 e. The third-order valence-electron chi connectivity index (χ3n) is 3.93. The number of nitro benzene ring substituents is 1. The van der Waals surface area contributed by atoms with Gasteiger partial charge in [-0.05, 0) is 0 Å². The molecule has 2 atom stereocenters. The highest BCUT2D eigenvalue weighted by Crippen LogP contribution is 2.36. The molecule has 1 fully saturated rings. The predicted molar refractivity (Wildman–Crippen MR) is 78.8 cm³/mol. The van der Waals surface area contributed by atoms with Gasteiger partial charge < -0.3 is 25.2 Å². The van der Waals surface area contributed by atoms with Crippen LogP contribution in [0.25, 0.3) is 0 Å². The van der Waals surface area contributed by atoms with Crippen molar-refractivity contribution in [2.75, 3.05) is 32.8 Å². The van der Waals surface area contributed by atoms with E-state index in [1.165, 1.54) is 12.1 Å². The van der Waals surface area contributed by atoms with E-state index < -0.39 is 16.9 Å². The summed E-state index contributed by atoms with van der Waals surface area (Å²) < 4.78 is 10.7. The number of ether oxygens (including phenoxy) is 2. The van der Waals surface area contributed by atoms with Crippen molar-refractivity contribution in [1.82, 2.24) is 10.6 Å². The number of amides is 1. The number of nitrogens with one attached hydrogen (secondary N) is 2. The Kier molecular flexibility index (Phi) is 4.30. The van der Waals surface area contributed by atoms with Crippen molar-refractivity contribution >= 4 is 11.6 Å². The lowest BCUT2D eigenvalue weighted by molar-refractivity contribution is -0.385. The maximum Gasteiger partial charge on any atom is 0.286 e. The largest absolute Gasteiger partial charge is 0.486 e. The zero-order valence-electron chi connectivity index (χ0n) is 12.3. The molecule has 1 amide bonds. The molecule has 2 heterocycles. The fraction of sp³-hybridized carbons (Fsp3) is 0.500. The number of carbonyl (C=O) groups is 1. The molecule has 1 aromatic rings. The Bertz CT molecular complexity index is 635. The second-order valence-corrected chi connectivity index (χ2v) is 5.47. The standard InChI is InChI=1S/C14H17N3O6/c18-11-7-15-5-8(11)6-16-14(19)9-3-12-13(23-2-1-22-12)4-10(9)17(20)21/h3-4,8,11,15,18H,1-2,5-7H2,(H,16,19). The first kappa shape index (κ1) is 15.5. The molecule has 1 aromatic carbocycles. The summed E-state index contributed by atoms with van der Waals surface area (Å²) in [6, 6.07) is 2.53. The highest BCUT2D eigenvalue weighted by molar-refractivity contribution is 5.99. The van der Waals surface area contributed by atoms with Gasteiger partial charge in [-0.2, -0.15) is 0 Å². The van der Waals surface area contributed by atoms with E-state index in [1.807, 2.05) is 0 Å². The highest BCUT2D eigenvalue weighted by atomic mass is 16.6. The SMILES string of the molecule is O=C(NCC1CNCC1O)c1cc2c(cc1[N+](=O)[O-])OCCO2. The summed E-state index contributed by atoms with van der Waals surface area (Å²) >= 11 is 0. The first-order valence-corrected chi connectivity index (χ1v) is 7.31. The highest BCUT2D eigenvalue weighted by Gasteiger charge is 2.29. The first-order chi connectivity index (χ1) is 11.1. The van der Waals surface area contributed by atoms with Gasteiger partial charge in [0.25, 0.3) is 11.6 Å². The van der Waals surface area contributed by atoms with Crippen LogP contribution in [0.1, 0.15) is 10.4 Å². The number of aliphatic hydroxyl groups is 1. The van der Waals surface area contributed by atoms with Gasteiger partial charge in [0.05, 0.1) is 17.1 Å². The number of hydrogen-bond acceptors (Lipinski definition) is 7. The first-order valence-electron chi connectivity index (χ1n) is 7.31. The minimum absolute atomic E-state index is 0.0836. The molecule has 2 aliphatic heterocycles. The maximum atomic E-state index is 12.3. The van der Waals surface area contributed by atoms with Gasteiger partial charge in [0, 0.05) is 31.6 Å². The Labute approximate surface area is 131 Å². The number of hydrogen-bond donors (Lipinski definition) is 3. The van der Waals surface area contributed by atoms with E-state index in [9.17, 15) is 20.0 Å². The lowest BCUT2D eigenvalue weighted by atomic mass is 10.1. The third kappa shape index (κ3) is 3.20. The van der Waals surface area contributed by atoms with E-state index in [0.29, 0.717) is 32.1 Å². The van der Waals surface area contributed by atoms with Gasteiger partial charge in [-0.1, -0.05) is 0 Å². The van der Waals surface area contributed by atoms with Gasteiger partial charge in [0.2, 0.25) is 0 Å². The van der Waals surface area contributed by atoms with Crippen LogP contribution in [0.2, 0.25) is 0 Å². The van der Waals surface area contributed by atoms with Crippen LogP contribution in [0.5, 0.6) is 11.5 Å². The van der Waals surface area contributed by atoms with Gasteiger partial charge >= 0.3 is 0 Å². The Hall–Kier alpha value is -2.39. The van der Waals surface area contributed by atoms with Crippen LogP contribution in [0, 0.1) is 16.0 Å². The molecule has 0 spiro atoms. The summed E-state index contributed by atoms with van der Waals surface area (Å²) in [5.41, 5.74) is -0.420. The molecule has 0 saturated carbocycles. The Morgan fingerprint density at radius 1 is 1.35 bits per heavy atom. The molecule has 124 valence electrons. The maximum absolute atomic E-state index is 12.3. The summed E-state index contributed by atoms with van der Waals surface area (Å²) in [4.78, 5) is 22.9. The van der Waals surface area contributed by atoms with E-state index in [1.54, 1.807) is 0 Å². The summed E-state index contributed by atoms with van der Waals surface area (Å²) in [6.07, 6.45) is -0.537. The number of nitro groups is 1. The molecule has 0 bridgehead atoms. The van der Waals surface area contributed by atoms with E-state index in [2.05, 4.69) is 10.6 Å². The summed E-state index contributed by atoms with van der Waals surface area (Å²) in [7, 11) is 0. The van der Waals surface area contributed by atoms with Crippen molar-refractivity contribution in [1.29, 1.82) is 0 Å². The molecule has 23 heavy (non-hydrogen) atoms. The number of nitrogens with zero attached hydrogens (tertiary/aromatic N) is 1. The number of fused-ring (bicyclic) bond motifs is 1. The molecule has 0 radical (unpaired) electrons. The van der Waals surface area contributed by atoms with Crippen LogP contribution < -0.4 is 20.1 Å². The van der Waals surface area contributed by atoms with Gasteiger partial charge in [0.15, 0.2) is 11.5 Å². The van der Waals surface area contributed by atoms with Crippen LogP contribution in [0.4, 0.5) is 5.69 Å². The van der Waals surface area contributed by atoms with Crippen molar-refractivity contribution in [2.45, 2.75) is 6.10 Å². The van der Waals surface area contributed by atoms with Crippen molar-refractivity contribution in [3.8, 4) is 11.5 Å². The molecule has 2 unspecified atom stereocenters. The molecule has 3 rings (SSSR count). The van der Waals surface area contributed by atoms with Gasteiger partial charge in [-0.25, -0.2) is 0 Å². The van der Waals surface area contributed by atoms with Crippen LogP contribution in [-0.4, -0.2) is 54.9 Å². The smallest absolute Gasteiger partial charge is 0.286 e. The van der Waals surface area contributed by atoms with Gasteiger partial charge in [0.1, 0.15) is 18.8 Å². The fourth-order valence-corrected chi connectivity index (χ4v) is 2.66. The second kappa shape index (κ2) is 6.39. The Morgan fingerprint density at radius 3 is 2.65 bits per heavy atom. The summed E-state index contributed by atoms with van der Waals surface area (Å²) in [5.74, 6) is -0.118. The van der Waals surface area contributed by atoms with Crippen LogP contribution in [0.3, 0.4) is 0 Å². The molecular weight excluding hydrogens is 306 g/mol. The number of β-amino-alcohol motifs (C(OH)–C–C–N with tert-alkyl or cyclic N) is 1. The van der Waals surface area contributed by atoms with Crippen LogP contribution in [-0.2, 0) is 0 Å². The lowest BCUT2D eigenvalue weighted by Crippen LogP contribution is -2.34. The van der Waals surface area contributed by atoms with E-state index in [4.69, 9.17) is 9.47 Å². The normalized spacial score (nSPS) is 22.7. The molecule has 9 nitrogen and oxygen atoms in total. The Morgan fingerprint density at radius 2 is 2.04 bits per heavy atom. The molecule has 9 heteroatoms. The van der Waals surface area contributed by atoms with Crippen molar-refractivity contribution in [2.24, 2.45) is 5.92 Å². The van der Waals surface area contributed by atoms with Crippen LogP contribution in [0.15, 0.2) is 12.1 Å². The van der Waals surface area contributed by atoms with E-state index in [-0.39, 0.29) is 29.5 Å². The zero-order chi connectivity index (χ0) is 16.4. The van der Waals surface area contributed by atoms with Gasteiger partial charge in [-0.15, -0.1) is 0 Å². The number of aliphatic hydroxyl groups excluding tert-OH is 1. The van der Waals surface area contributed by atoms with Crippen molar-refractivity contribution in [3.05, 3.63) is 27.8 Å². The second-order valence-electron chi connectivity index (χ2n) is 5.47. The van der Waals surface area contributed by atoms with E-state index in [0.717, 1.165) is 0 Å². The molecular formula is C14H17N3O6. The Balaban J connectivity index is 1.79. The lowest BCUT2D eigenvalue weighted by Gasteiger charge is -2.19. The molecule has 1 saturated heterocycles. The monoisotopic (exact) mass is 323 g/mol. The van der Waals surface area contributed by atoms with Crippen molar-refractivity contribution < 1.29 is 24.3 Å². The fourth-order valence-electron chi connectivity index (χ4n) is 2.66. The number of carbonyl (C=O) groups excluding carboxylic acids is 1. The van der Waals surface area contributed by atoms with Gasteiger partial charge in [-0.3, -0.25) is 14.9 Å². The number of rotatable bonds is 4. The summed E-state index contributed by atoms with van der Waals surface area (Å²) in [5, 5.41) is 26.6. The van der Waals surface area contributed by atoms with Crippen molar-refractivity contribution in [3.63, 3.8) is 0 Å². The topological polar surface area (TPSA) is 123 Å². The minimum atomic E-state index is -0.626. The molecule has 2 aliphatic rings. The molecule has 3 N–H and O–H groups in total. The molecule has 0 aliphatic carbocycles. The van der Waals surface area contributed by atoms with E-state index >= 15 is 0 Å². The predicted octanol–water partition coefficient (Wildman–Crippen LogP) is -0.324. The average Bonchev–Trinajstić information content (AvgIpc) is 2.96.